The van der Waals surface area contributed by atoms with Crippen molar-refractivity contribution < 1.29 is 9.59 Å². The summed E-state index contributed by atoms with van der Waals surface area (Å²) < 4.78 is 0. The van der Waals surface area contributed by atoms with E-state index in [1.165, 1.54) is 0 Å². The van der Waals surface area contributed by atoms with Crippen molar-refractivity contribution in [3.8, 4) is 0 Å². The number of nitrogens with one attached hydrogen (secondary N) is 1. The molecule has 2 aromatic rings. The predicted octanol–water partition coefficient (Wildman–Crippen LogP) is 4.57. The Morgan fingerprint density at radius 3 is 2.41 bits per heavy atom. The van der Waals surface area contributed by atoms with Gasteiger partial charge in [-0.05, 0) is 55.5 Å². The van der Waals surface area contributed by atoms with Crippen molar-refractivity contribution in [1.29, 1.82) is 0 Å². The Labute approximate surface area is 160 Å². The highest BCUT2D eigenvalue weighted by Crippen LogP contribution is 2.42. The summed E-state index contributed by atoms with van der Waals surface area (Å²) in [5, 5.41) is 3.15. The first-order valence-electron chi connectivity index (χ1n) is 9.88. The standard InChI is InChI=1S/C23H26N2O2/c1-17-16-19(11-12-20(17)25-15-7-10-21(25)26)24-22(27)23(13-5-6-14-23)18-8-3-2-4-9-18/h2-4,8-9,11-12,16H,5-7,10,13-15H2,1H3,(H,24,27). The maximum absolute atomic E-state index is 13.3. The van der Waals surface area contributed by atoms with E-state index in [4.69, 9.17) is 0 Å². The van der Waals surface area contributed by atoms with Crippen LogP contribution in [-0.4, -0.2) is 18.4 Å². The minimum Gasteiger partial charge on any atom is -0.325 e. The third kappa shape index (κ3) is 3.25. The van der Waals surface area contributed by atoms with Crippen LogP contribution in [0.3, 0.4) is 0 Å². The maximum Gasteiger partial charge on any atom is 0.235 e. The number of hydrogen-bond acceptors (Lipinski definition) is 2. The lowest BCUT2D eigenvalue weighted by Gasteiger charge is -2.28. The minimum atomic E-state index is -0.432. The van der Waals surface area contributed by atoms with Gasteiger partial charge in [-0.3, -0.25) is 9.59 Å². The molecule has 140 valence electrons. The lowest BCUT2D eigenvalue weighted by Crippen LogP contribution is -2.38. The van der Waals surface area contributed by atoms with Gasteiger partial charge in [0.15, 0.2) is 0 Å². The van der Waals surface area contributed by atoms with Crippen molar-refractivity contribution in [2.45, 2.75) is 50.9 Å². The van der Waals surface area contributed by atoms with Gasteiger partial charge in [0.05, 0.1) is 5.41 Å². The van der Waals surface area contributed by atoms with Crippen molar-refractivity contribution in [3.63, 3.8) is 0 Å². The number of nitrogens with zero attached hydrogens (tertiary/aromatic N) is 1. The van der Waals surface area contributed by atoms with Crippen LogP contribution in [0.4, 0.5) is 11.4 Å². The first kappa shape index (κ1) is 17.8. The Morgan fingerprint density at radius 2 is 1.78 bits per heavy atom. The number of carbonyl (C=O) groups is 2. The van der Waals surface area contributed by atoms with Crippen LogP contribution in [0.1, 0.15) is 49.7 Å². The van der Waals surface area contributed by atoms with E-state index in [-0.39, 0.29) is 11.8 Å². The van der Waals surface area contributed by atoms with Crippen LogP contribution in [-0.2, 0) is 15.0 Å². The third-order valence-electron chi connectivity index (χ3n) is 6.04. The van der Waals surface area contributed by atoms with Gasteiger partial charge in [0.2, 0.25) is 11.8 Å². The number of hydrogen-bond donors (Lipinski definition) is 1. The topological polar surface area (TPSA) is 49.4 Å². The lowest BCUT2D eigenvalue weighted by molar-refractivity contribution is -0.121. The molecule has 4 heteroatoms. The molecular formula is C23H26N2O2. The first-order chi connectivity index (χ1) is 13.1. The van der Waals surface area contributed by atoms with E-state index in [9.17, 15) is 9.59 Å². The van der Waals surface area contributed by atoms with Gasteiger partial charge in [-0.2, -0.15) is 0 Å². The molecule has 1 aliphatic carbocycles. The number of anilines is 2. The molecule has 0 spiro atoms. The fourth-order valence-electron chi connectivity index (χ4n) is 4.57. The van der Waals surface area contributed by atoms with Crippen molar-refractivity contribution in [1.82, 2.24) is 0 Å². The molecule has 4 rings (SSSR count). The molecule has 4 nitrogen and oxygen atoms in total. The SMILES string of the molecule is Cc1cc(NC(=O)C2(c3ccccc3)CCCC2)ccc1N1CCCC1=O. The Morgan fingerprint density at radius 1 is 1.04 bits per heavy atom. The molecule has 1 saturated heterocycles. The lowest BCUT2D eigenvalue weighted by atomic mass is 9.78. The molecule has 27 heavy (non-hydrogen) atoms. The van der Waals surface area contributed by atoms with Gasteiger partial charge in [0.25, 0.3) is 0 Å². The van der Waals surface area contributed by atoms with Crippen LogP contribution in [0.2, 0.25) is 0 Å². The van der Waals surface area contributed by atoms with Gasteiger partial charge in [-0.25, -0.2) is 0 Å². The second-order valence-electron chi connectivity index (χ2n) is 7.76. The number of rotatable bonds is 4. The zero-order chi connectivity index (χ0) is 18.9. The molecule has 0 bridgehead atoms. The molecule has 1 heterocycles. The van der Waals surface area contributed by atoms with Crippen molar-refractivity contribution in [3.05, 3.63) is 59.7 Å². The molecule has 0 aromatic heterocycles. The number of aryl methyl sites for hydroxylation is 1. The van der Waals surface area contributed by atoms with E-state index in [2.05, 4.69) is 17.4 Å². The van der Waals surface area contributed by atoms with Gasteiger partial charge < -0.3 is 10.2 Å². The van der Waals surface area contributed by atoms with E-state index in [1.807, 2.05) is 48.2 Å². The molecule has 0 radical (unpaired) electrons. The van der Waals surface area contributed by atoms with Crippen LogP contribution in [0.15, 0.2) is 48.5 Å². The van der Waals surface area contributed by atoms with E-state index >= 15 is 0 Å². The first-order valence-corrected chi connectivity index (χ1v) is 9.88. The highest BCUT2D eigenvalue weighted by Gasteiger charge is 2.42. The fourth-order valence-corrected chi connectivity index (χ4v) is 4.57. The summed E-state index contributed by atoms with van der Waals surface area (Å²) in [5.41, 5.74) is 3.45. The number of carbonyl (C=O) groups excluding carboxylic acids is 2. The summed E-state index contributed by atoms with van der Waals surface area (Å²) in [6, 6.07) is 16.0. The average molecular weight is 362 g/mol. The summed E-state index contributed by atoms with van der Waals surface area (Å²) in [7, 11) is 0. The van der Waals surface area contributed by atoms with Crippen molar-refractivity contribution in [2.24, 2.45) is 0 Å². The summed E-state index contributed by atoms with van der Waals surface area (Å²) in [5.74, 6) is 0.263. The maximum atomic E-state index is 13.3. The summed E-state index contributed by atoms with van der Waals surface area (Å²) in [4.78, 5) is 27.1. The van der Waals surface area contributed by atoms with E-state index in [1.54, 1.807) is 0 Å². The van der Waals surface area contributed by atoms with Crippen LogP contribution >= 0.6 is 0 Å². The van der Waals surface area contributed by atoms with E-state index in [0.717, 1.165) is 61.2 Å². The number of benzene rings is 2. The van der Waals surface area contributed by atoms with Crippen molar-refractivity contribution >= 4 is 23.2 Å². The summed E-state index contributed by atoms with van der Waals surface area (Å²) in [6.45, 7) is 2.78. The molecule has 1 N–H and O–H groups in total. The molecule has 1 saturated carbocycles. The average Bonchev–Trinajstić information content (AvgIpc) is 3.33. The normalized spacial score (nSPS) is 18.7. The van der Waals surface area contributed by atoms with E-state index in [0.29, 0.717) is 6.42 Å². The highest BCUT2D eigenvalue weighted by molar-refractivity contribution is 6.00. The second-order valence-corrected chi connectivity index (χ2v) is 7.76. The highest BCUT2D eigenvalue weighted by atomic mass is 16.2. The Bertz CT molecular complexity index is 854. The summed E-state index contributed by atoms with van der Waals surface area (Å²) >= 11 is 0. The molecule has 0 unspecified atom stereocenters. The fraction of sp³-hybridized carbons (Fsp3) is 0.391. The van der Waals surface area contributed by atoms with Gasteiger partial charge in [-0.15, -0.1) is 0 Å². The van der Waals surface area contributed by atoms with Gasteiger partial charge in [0, 0.05) is 24.3 Å². The second kappa shape index (κ2) is 7.18. The molecule has 1 aliphatic heterocycles. The number of amides is 2. The Kier molecular flexibility index (Phi) is 4.73. The largest absolute Gasteiger partial charge is 0.325 e. The van der Waals surface area contributed by atoms with E-state index < -0.39 is 5.41 Å². The third-order valence-corrected chi connectivity index (χ3v) is 6.04. The zero-order valence-corrected chi connectivity index (χ0v) is 15.8. The van der Waals surface area contributed by atoms with Crippen LogP contribution in [0, 0.1) is 6.92 Å². The van der Waals surface area contributed by atoms with Gasteiger partial charge >= 0.3 is 0 Å². The molecule has 2 aliphatic rings. The van der Waals surface area contributed by atoms with Crippen LogP contribution in [0.5, 0.6) is 0 Å². The monoisotopic (exact) mass is 362 g/mol. The smallest absolute Gasteiger partial charge is 0.235 e. The quantitative estimate of drug-likeness (QED) is 0.866. The Hall–Kier alpha value is -2.62. The molecular weight excluding hydrogens is 336 g/mol. The van der Waals surface area contributed by atoms with Crippen molar-refractivity contribution in [2.75, 3.05) is 16.8 Å². The minimum absolute atomic E-state index is 0.0793. The van der Waals surface area contributed by atoms with Crippen LogP contribution in [0.25, 0.3) is 0 Å². The molecule has 0 atom stereocenters. The predicted molar refractivity (Wildman–Crippen MR) is 108 cm³/mol. The van der Waals surface area contributed by atoms with Crippen LogP contribution < -0.4 is 10.2 Å². The molecule has 2 amide bonds. The summed E-state index contributed by atoms with van der Waals surface area (Å²) in [6.07, 6.45) is 5.48. The van der Waals surface area contributed by atoms with Gasteiger partial charge in [0.1, 0.15) is 0 Å². The zero-order valence-electron chi connectivity index (χ0n) is 15.8. The Balaban J connectivity index is 1.57. The molecule has 2 aromatic carbocycles. The molecule has 2 fully saturated rings. The van der Waals surface area contributed by atoms with Gasteiger partial charge in [-0.1, -0.05) is 43.2 Å².